The molecule has 2 aliphatic rings. The van der Waals surface area contributed by atoms with Crippen molar-refractivity contribution in [3.05, 3.63) is 0 Å². The topological polar surface area (TPSA) is 29.3 Å². The summed E-state index contributed by atoms with van der Waals surface area (Å²) >= 11 is 0. The van der Waals surface area contributed by atoms with E-state index in [4.69, 9.17) is 5.73 Å². The zero-order valence-corrected chi connectivity index (χ0v) is 11.0. The Kier molecular flexibility index (Phi) is 4.26. The predicted molar refractivity (Wildman–Crippen MR) is 69.4 cm³/mol. The van der Waals surface area contributed by atoms with E-state index in [2.05, 4.69) is 18.7 Å². The molecular formula is C14H28N2. The van der Waals surface area contributed by atoms with Crippen LogP contribution in [-0.2, 0) is 0 Å². The first-order valence-electron chi connectivity index (χ1n) is 7.18. The highest BCUT2D eigenvalue weighted by molar-refractivity contribution is 4.87. The largest absolute Gasteiger partial charge is 0.328 e. The second-order valence-electron chi connectivity index (χ2n) is 6.13. The van der Waals surface area contributed by atoms with Gasteiger partial charge in [-0.25, -0.2) is 0 Å². The zero-order valence-electron chi connectivity index (χ0n) is 11.0. The summed E-state index contributed by atoms with van der Waals surface area (Å²) < 4.78 is 0. The van der Waals surface area contributed by atoms with Crippen molar-refractivity contribution in [2.75, 3.05) is 13.1 Å². The number of nitrogens with two attached hydrogens (primary N) is 1. The summed E-state index contributed by atoms with van der Waals surface area (Å²) in [6.07, 6.45) is 8.19. The summed E-state index contributed by atoms with van der Waals surface area (Å²) in [5, 5.41) is 0. The van der Waals surface area contributed by atoms with Gasteiger partial charge in [-0.2, -0.15) is 0 Å². The van der Waals surface area contributed by atoms with Gasteiger partial charge < -0.3 is 5.73 Å². The molecule has 1 aliphatic heterocycles. The maximum atomic E-state index is 5.99. The van der Waals surface area contributed by atoms with Crippen LogP contribution in [0.4, 0.5) is 0 Å². The van der Waals surface area contributed by atoms with Crippen molar-refractivity contribution in [2.24, 2.45) is 17.6 Å². The fourth-order valence-corrected chi connectivity index (χ4v) is 3.62. The van der Waals surface area contributed by atoms with E-state index < -0.39 is 0 Å². The van der Waals surface area contributed by atoms with Crippen LogP contribution in [0.1, 0.15) is 52.4 Å². The molecule has 2 heteroatoms. The molecule has 0 aromatic carbocycles. The van der Waals surface area contributed by atoms with Crippen LogP contribution >= 0.6 is 0 Å². The summed E-state index contributed by atoms with van der Waals surface area (Å²) in [7, 11) is 0. The van der Waals surface area contributed by atoms with Crippen LogP contribution in [0.2, 0.25) is 0 Å². The minimum atomic E-state index is 0.470. The van der Waals surface area contributed by atoms with Gasteiger partial charge in [-0.05, 0) is 50.6 Å². The lowest BCUT2D eigenvalue weighted by Crippen LogP contribution is -2.49. The van der Waals surface area contributed by atoms with Crippen LogP contribution in [0, 0.1) is 11.8 Å². The summed E-state index contributed by atoms with van der Waals surface area (Å²) in [5.41, 5.74) is 5.99. The fourth-order valence-electron chi connectivity index (χ4n) is 3.62. The van der Waals surface area contributed by atoms with Crippen molar-refractivity contribution in [1.82, 2.24) is 4.90 Å². The van der Waals surface area contributed by atoms with E-state index in [9.17, 15) is 0 Å². The van der Waals surface area contributed by atoms with Crippen molar-refractivity contribution in [1.29, 1.82) is 0 Å². The average Bonchev–Trinajstić information content (AvgIpc) is 2.30. The maximum Gasteiger partial charge on any atom is 0.0126 e. The van der Waals surface area contributed by atoms with Crippen LogP contribution in [0.25, 0.3) is 0 Å². The normalized spacial score (nSPS) is 34.5. The fraction of sp³-hybridized carbons (Fsp3) is 1.00. The Hall–Kier alpha value is -0.0800. The third-order valence-electron chi connectivity index (χ3n) is 4.68. The molecule has 2 fully saturated rings. The highest BCUT2D eigenvalue weighted by Crippen LogP contribution is 2.34. The summed E-state index contributed by atoms with van der Waals surface area (Å²) in [6.45, 7) is 7.29. The molecule has 94 valence electrons. The van der Waals surface area contributed by atoms with Crippen LogP contribution in [0.5, 0.6) is 0 Å². The molecule has 0 spiro atoms. The van der Waals surface area contributed by atoms with Gasteiger partial charge in [0, 0.05) is 12.1 Å². The average molecular weight is 224 g/mol. The SMILES string of the molecule is CC(C)C1CCCCC1N1CCC(N)CC1. The number of hydrogen-bond donors (Lipinski definition) is 1. The first-order chi connectivity index (χ1) is 7.68. The standard InChI is InChI=1S/C14H28N2/c1-11(2)13-5-3-4-6-14(13)16-9-7-12(15)8-10-16/h11-14H,3-10,15H2,1-2H3. The van der Waals surface area contributed by atoms with Gasteiger partial charge in [-0.15, -0.1) is 0 Å². The Labute approximate surface area is 101 Å². The second-order valence-corrected chi connectivity index (χ2v) is 6.13. The van der Waals surface area contributed by atoms with Crippen molar-refractivity contribution >= 4 is 0 Å². The molecule has 2 rings (SSSR count). The van der Waals surface area contributed by atoms with Crippen molar-refractivity contribution < 1.29 is 0 Å². The molecule has 0 aromatic rings. The van der Waals surface area contributed by atoms with Gasteiger partial charge in [0.1, 0.15) is 0 Å². The highest BCUT2D eigenvalue weighted by Gasteiger charge is 2.33. The maximum absolute atomic E-state index is 5.99. The van der Waals surface area contributed by atoms with Gasteiger partial charge in [0.05, 0.1) is 0 Å². The molecular weight excluding hydrogens is 196 g/mol. The molecule has 0 aromatic heterocycles. The van der Waals surface area contributed by atoms with E-state index in [1.807, 2.05) is 0 Å². The minimum Gasteiger partial charge on any atom is -0.328 e. The van der Waals surface area contributed by atoms with E-state index in [0.717, 1.165) is 17.9 Å². The Bertz CT molecular complexity index is 207. The quantitative estimate of drug-likeness (QED) is 0.781. The first-order valence-corrected chi connectivity index (χ1v) is 7.18. The van der Waals surface area contributed by atoms with E-state index in [0.29, 0.717) is 6.04 Å². The lowest BCUT2D eigenvalue weighted by molar-refractivity contribution is 0.0593. The van der Waals surface area contributed by atoms with Crippen molar-refractivity contribution in [3.63, 3.8) is 0 Å². The molecule has 2 nitrogen and oxygen atoms in total. The van der Waals surface area contributed by atoms with Gasteiger partial charge >= 0.3 is 0 Å². The van der Waals surface area contributed by atoms with E-state index in [-0.39, 0.29) is 0 Å². The summed E-state index contributed by atoms with van der Waals surface area (Å²) in [5.74, 6) is 1.78. The van der Waals surface area contributed by atoms with Gasteiger partial charge in [0.15, 0.2) is 0 Å². The number of piperidine rings is 1. The predicted octanol–water partition coefficient (Wildman–Crippen LogP) is 2.62. The lowest BCUT2D eigenvalue weighted by atomic mass is 9.76. The Morgan fingerprint density at radius 2 is 1.62 bits per heavy atom. The van der Waals surface area contributed by atoms with Crippen LogP contribution in [0.15, 0.2) is 0 Å². The Balaban J connectivity index is 1.94. The molecule has 2 atom stereocenters. The molecule has 0 radical (unpaired) electrons. The molecule has 16 heavy (non-hydrogen) atoms. The lowest BCUT2D eigenvalue weighted by Gasteiger charge is -2.44. The van der Waals surface area contributed by atoms with Crippen molar-refractivity contribution in [2.45, 2.75) is 64.5 Å². The highest BCUT2D eigenvalue weighted by atomic mass is 15.2. The van der Waals surface area contributed by atoms with Gasteiger partial charge in [-0.1, -0.05) is 26.7 Å². The van der Waals surface area contributed by atoms with Crippen LogP contribution in [0.3, 0.4) is 0 Å². The summed E-state index contributed by atoms with van der Waals surface area (Å²) in [4.78, 5) is 2.74. The molecule has 1 aliphatic carbocycles. The van der Waals surface area contributed by atoms with E-state index >= 15 is 0 Å². The Morgan fingerprint density at radius 1 is 1.00 bits per heavy atom. The number of likely N-dealkylation sites (tertiary alicyclic amines) is 1. The summed E-state index contributed by atoms with van der Waals surface area (Å²) in [6, 6.07) is 1.33. The van der Waals surface area contributed by atoms with Gasteiger partial charge in [0.2, 0.25) is 0 Å². The smallest absolute Gasteiger partial charge is 0.0126 e. The second kappa shape index (κ2) is 5.50. The molecule has 0 amide bonds. The first kappa shape index (κ1) is 12.4. The molecule has 2 unspecified atom stereocenters. The van der Waals surface area contributed by atoms with E-state index in [1.165, 1.54) is 51.6 Å². The van der Waals surface area contributed by atoms with Gasteiger partial charge in [0.25, 0.3) is 0 Å². The molecule has 1 heterocycles. The zero-order chi connectivity index (χ0) is 11.5. The minimum absolute atomic E-state index is 0.470. The number of rotatable bonds is 2. The molecule has 0 bridgehead atoms. The molecule has 1 saturated heterocycles. The number of hydrogen-bond acceptors (Lipinski definition) is 2. The van der Waals surface area contributed by atoms with Crippen molar-refractivity contribution in [3.8, 4) is 0 Å². The monoisotopic (exact) mass is 224 g/mol. The van der Waals surface area contributed by atoms with Gasteiger partial charge in [-0.3, -0.25) is 4.90 Å². The molecule has 1 saturated carbocycles. The third-order valence-corrected chi connectivity index (χ3v) is 4.68. The van der Waals surface area contributed by atoms with E-state index in [1.54, 1.807) is 0 Å². The third kappa shape index (κ3) is 2.78. The molecule has 2 N–H and O–H groups in total. The van der Waals surface area contributed by atoms with Crippen LogP contribution in [-0.4, -0.2) is 30.1 Å². The van der Waals surface area contributed by atoms with Crippen LogP contribution < -0.4 is 5.73 Å². The Morgan fingerprint density at radius 3 is 2.25 bits per heavy atom. The number of nitrogens with zero attached hydrogens (tertiary/aromatic N) is 1.